The summed E-state index contributed by atoms with van der Waals surface area (Å²) in [4.78, 5) is 21.1. The van der Waals surface area contributed by atoms with E-state index in [1.54, 1.807) is 0 Å². The van der Waals surface area contributed by atoms with E-state index in [1.165, 1.54) is 0 Å². The highest BCUT2D eigenvalue weighted by Gasteiger charge is 2.53. The number of carboxylic acid groups (broad SMARTS) is 1. The van der Waals surface area contributed by atoms with Crippen LogP contribution in [0.25, 0.3) is 0 Å². The van der Waals surface area contributed by atoms with Crippen molar-refractivity contribution in [1.82, 2.24) is 4.90 Å². The second kappa shape index (κ2) is 6.69. The van der Waals surface area contributed by atoms with Crippen molar-refractivity contribution < 1.29 is 49.5 Å². The zero-order chi connectivity index (χ0) is 20.8. The molecule has 1 N–H and O–H groups in total. The molecule has 150 valence electrons. The number of aliphatic carboxylic acids is 1. The summed E-state index contributed by atoms with van der Waals surface area (Å²) in [6.07, 6.45) is -11.5. The molecule has 27 heavy (non-hydrogen) atoms. The van der Waals surface area contributed by atoms with Crippen molar-refractivity contribution >= 4 is 21.7 Å². The maximum absolute atomic E-state index is 13.1. The van der Waals surface area contributed by atoms with E-state index in [9.17, 15) is 44.3 Å². The quantitative estimate of drug-likeness (QED) is 0.758. The third-order valence-electron chi connectivity index (χ3n) is 3.99. The number of sulfone groups is 1. The molecule has 0 spiro atoms. The summed E-state index contributed by atoms with van der Waals surface area (Å²) in [5.74, 6) is -4.47. The van der Waals surface area contributed by atoms with E-state index in [4.69, 9.17) is 5.11 Å². The van der Waals surface area contributed by atoms with Crippen molar-refractivity contribution in [3.63, 3.8) is 0 Å². The van der Waals surface area contributed by atoms with Gasteiger partial charge < -0.3 is 10.0 Å². The van der Waals surface area contributed by atoms with Crippen molar-refractivity contribution in [2.24, 2.45) is 0 Å². The fourth-order valence-corrected chi connectivity index (χ4v) is 4.68. The first-order valence-corrected chi connectivity index (χ1v) is 8.72. The number of rotatable bonds is 3. The van der Waals surface area contributed by atoms with Crippen LogP contribution in [0.4, 0.5) is 26.3 Å². The summed E-state index contributed by atoms with van der Waals surface area (Å²) in [5, 5.41) is 7.06. The summed E-state index contributed by atoms with van der Waals surface area (Å²) in [6, 6.07) is 0.898. The number of alkyl halides is 6. The first kappa shape index (κ1) is 21.0. The van der Waals surface area contributed by atoms with Crippen LogP contribution in [0.15, 0.2) is 29.2 Å². The van der Waals surface area contributed by atoms with E-state index >= 15 is 0 Å². The Hall–Kier alpha value is -2.31. The van der Waals surface area contributed by atoms with Crippen LogP contribution >= 0.6 is 0 Å². The number of likely N-dealkylation sites (tertiary alicyclic amines) is 1. The van der Waals surface area contributed by atoms with E-state index in [0.717, 1.165) is 12.1 Å². The lowest BCUT2D eigenvalue weighted by molar-refractivity contribution is -0.187. The van der Waals surface area contributed by atoms with Gasteiger partial charge in [-0.05, 0) is 18.6 Å². The number of halogens is 6. The van der Waals surface area contributed by atoms with Crippen LogP contribution in [0.5, 0.6) is 0 Å². The Morgan fingerprint density at radius 2 is 1.63 bits per heavy atom. The average molecular weight is 419 g/mol. The lowest BCUT2D eigenvalue weighted by atomic mass is 10.2. The van der Waals surface area contributed by atoms with Crippen molar-refractivity contribution in [2.75, 3.05) is 6.54 Å². The van der Waals surface area contributed by atoms with Crippen LogP contribution in [0.3, 0.4) is 0 Å². The molecule has 1 fully saturated rings. The predicted molar refractivity (Wildman–Crippen MR) is 76.2 cm³/mol. The first-order chi connectivity index (χ1) is 12.2. The monoisotopic (exact) mass is 419 g/mol. The minimum atomic E-state index is -5.46. The van der Waals surface area contributed by atoms with Crippen LogP contribution in [-0.2, 0) is 25.6 Å². The zero-order valence-electron chi connectivity index (χ0n) is 13.1. The summed E-state index contributed by atoms with van der Waals surface area (Å²) in [6.45, 7) is -1.19. The summed E-state index contributed by atoms with van der Waals surface area (Å²) in [7, 11) is -4.88. The smallest absolute Gasteiger partial charge is 0.471 e. The predicted octanol–water partition coefficient (Wildman–Crippen LogP) is 2.10. The number of benzene rings is 1. The molecule has 2 rings (SSSR count). The molecular formula is C14H11F6NO5S. The molecule has 1 heterocycles. The standard InChI is InChI=1S/C14H11F6NO5S/c15-13(16,17)8-3-1-2-4-10(8)27(25,26)7-5-9(11(22)23)21(6-7)12(24)14(18,19)20/h1-4,7,9H,5-6H2,(H,22,23). The minimum absolute atomic E-state index is 0.194. The lowest BCUT2D eigenvalue weighted by Gasteiger charge is -2.22. The molecule has 0 saturated carbocycles. The molecule has 1 amide bonds. The number of carboxylic acids is 1. The highest BCUT2D eigenvalue weighted by molar-refractivity contribution is 7.92. The number of hydrogen-bond donors (Lipinski definition) is 1. The fraction of sp³-hybridized carbons (Fsp3) is 0.429. The number of carbonyl (C=O) groups is 2. The van der Waals surface area contributed by atoms with Gasteiger partial charge >= 0.3 is 24.2 Å². The zero-order valence-corrected chi connectivity index (χ0v) is 13.9. The molecule has 6 nitrogen and oxygen atoms in total. The van der Waals surface area contributed by atoms with E-state index in [-0.39, 0.29) is 4.90 Å². The van der Waals surface area contributed by atoms with Crippen molar-refractivity contribution in [2.45, 2.75) is 35.0 Å². The summed E-state index contributed by atoms with van der Waals surface area (Å²) in [5.41, 5.74) is -1.53. The van der Waals surface area contributed by atoms with Gasteiger partial charge in [-0.3, -0.25) is 4.79 Å². The van der Waals surface area contributed by atoms with Crippen molar-refractivity contribution in [3.05, 3.63) is 29.8 Å². The summed E-state index contributed by atoms with van der Waals surface area (Å²) < 4.78 is 102. The Morgan fingerprint density at radius 1 is 1.07 bits per heavy atom. The van der Waals surface area contributed by atoms with Crippen LogP contribution in [0.1, 0.15) is 12.0 Å². The maximum Gasteiger partial charge on any atom is 0.471 e. The molecule has 0 bridgehead atoms. The van der Waals surface area contributed by atoms with E-state index < -0.39 is 68.8 Å². The van der Waals surface area contributed by atoms with Crippen LogP contribution in [0.2, 0.25) is 0 Å². The van der Waals surface area contributed by atoms with Crippen LogP contribution < -0.4 is 0 Å². The molecule has 1 saturated heterocycles. The van der Waals surface area contributed by atoms with Crippen LogP contribution in [0, 0.1) is 0 Å². The second-order valence-corrected chi connectivity index (χ2v) is 7.90. The Balaban J connectivity index is 2.47. The molecule has 1 aromatic rings. The van der Waals surface area contributed by atoms with Gasteiger partial charge in [0.2, 0.25) is 0 Å². The third kappa shape index (κ3) is 4.01. The van der Waals surface area contributed by atoms with E-state index in [0.29, 0.717) is 12.1 Å². The Labute approximate surface area is 148 Å². The third-order valence-corrected chi connectivity index (χ3v) is 6.18. The second-order valence-electron chi connectivity index (χ2n) is 5.71. The topological polar surface area (TPSA) is 91.8 Å². The molecular weight excluding hydrogens is 408 g/mol. The van der Waals surface area contributed by atoms with Gasteiger partial charge in [-0.2, -0.15) is 26.3 Å². The lowest BCUT2D eigenvalue weighted by Crippen LogP contribution is -2.47. The van der Waals surface area contributed by atoms with Crippen LogP contribution in [-0.4, -0.2) is 54.3 Å². The minimum Gasteiger partial charge on any atom is -0.480 e. The SMILES string of the molecule is O=C(O)C1CC(S(=O)(=O)c2ccccc2C(F)(F)F)CN1C(=O)C(F)(F)F. The van der Waals surface area contributed by atoms with Crippen molar-refractivity contribution in [1.29, 1.82) is 0 Å². The van der Waals surface area contributed by atoms with Gasteiger partial charge in [-0.15, -0.1) is 0 Å². The summed E-state index contributed by atoms with van der Waals surface area (Å²) >= 11 is 0. The molecule has 0 radical (unpaired) electrons. The Morgan fingerprint density at radius 3 is 2.11 bits per heavy atom. The molecule has 1 aromatic carbocycles. The first-order valence-electron chi connectivity index (χ1n) is 7.18. The van der Waals surface area contributed by atoms with Gasteiger partial charge in [0.15, 0.2) is 9.84 Å². The highest BCUT2D eigenvalue weighted by Crippen LogP contribution is 2.38. The van der Waals surface area contributed by atoms with E-state index in [1.807, 2.05) is 0 Å². The molecule has 2 atom stereocenters. The Kier molecular flexibility index (Phi) is 5.20. The highest BCUT2D eigenvalue weighted by atomic mass is 32.2. The van der Waals surface area contributed by atoms with Gasteiger partial charge in [-0.25, -0.2) is 13.2 Å². The Bertz CT molecular complexity index is 863. The van der Waals surface area contributed by atoms with Gasteiger partial charge in [-0.1, -0.05) is 12.1 Å². The molecule has 1 aliphatic rings. The average Bonchev–Trinajstić information content (AvgIpc) is 2.98. The normalized spacial score (nSPS) is 21.3. The molecule has 0 aliphatic carbocycles. The van der Waals surface area contributed by atoms with E-state index in [2.05, 4.69) is 0 Å². The number of hydrogen-bond acceptors (Lipinski definition) is 4. The van der Waals surface area contributed by atoms with Crippen molar-refractivity contribution in [3.8, 4) is 0 Å². The fourth-order valence-electron chi connectivity index (χ4n) is 2.77. The molecule has 0 aromatic heterocycles. The number of carbonyl (C=O) groups excluding carboxylic acids is 1. The number of nitrogens with zero attached hydrogens (tertiary/aromatic N) is 1. The maximum atomic E-state index is 13.1. The van der Waals surface area contributed by atoms with Gasteiger partial charge in [0.1, 0.15) is 6.04 Å². The largest absolute Gasteiger partial charge is 0.480 e. The molecule has 13 heteroatoms. The number of amides is 1. The van der Waals surface area contributed by atoms with Gasteiger partial charge in [0.25, 0.3) is 0 Å². The van der Waals surface area contributed by atoms with Gasteiger partial charge in [0, 0.05) is 6.54 Å². The molecule has 2 unspecified atom stereocenters. The van der Waals surface area contributed by atoms with Gasteiger partial charge in [0.05, 0.1) is 15.7 Å². The molecule has 1 aliphatic heterocycles.